The van der Waals surface area contributed by atoms with E-state index in [1.807, 2.05) is 12.1 Å². The molecule has 5 heteroatoms. The van der Waals surface area contributed by atoms with Crippen molar-refractivity contribution in [2.45, 2.75) is 56.2 Å². The minimum atomic E-state index is -4.14. The molecule has 0 spiro atoms. The SMILES string of the molecule is CCC1(CC)C(O)CC1c1ccc(SCC(F)(F)F)cc1. The molecule has 0 heterocycles. The predicted octanol–water partition coefficient (Wildman–Crippen LogP) is 5.00. The van der Waals surface area contributed by atoms with Gasteiger partial charge in [0.2, 0.25) is 0 Å². The summed E-state index contributed by atoms with van der Waals surface area (Å²) in [7, 11) is 0. The summed E-state index contributed by atoms with van der Waals surface area (Å²) in [6, 6.07) is 7.34. The fourth-order valence-corrected chi connectivity index (χ4v) is 4.07. The highest BCUT2D eigenvalue weighted by molar-refractivity contribution is 7.99. The van der Waals surface area contributed by atoms with Gasteiger partial charge in [-0.2, -0.15) is 13.2 Å². The molecule has 1 saturated carbocycles. The maximum absolute atomic E-state index is 12.2. The molecule has 0 radical (unpaired) electrons. The van der Waals surface area contributed by atoms with Crippen LogP contribution < -0.4 is 0 Å². The standard InChI is InChI=1S/C16H21F3OS/c1-3-15(4-2)13(9-14(15)20)11-5-7-12(8-6-11)21-10-16(17,18)19/h5-8,13-14,20H,3-4,9-10H2,1-2H3. The van der Waals surface area contributed by atoms with Crippen molar-refractivity contribution >= 4 is 11.8 Å². The minimum Gasteiger partial charge on any atom is -0.393 e. The van der Waals surface area contributed by atoms with Gasteiger partial charge in [-0.1, -0.05) is 26.0 Å². The van der Waals surface area contributed by atoms with Crippen LogP contribution in [0.1, 0.15) is 44.6 Å². The number of hydrogen-bond acceptors (Lipinski definition) is 2. The van der Waals surface area contributed by atoms with E-state index in [9.17, 15) is 18.3 Å². The second kappa shape index (κ2) is 6.21. The monoisotopic (exact) mass is 318 g/mol. The number of rotatable bonds is 5. The summed E-state index contributed by atoms with van der Waals surface area (Å²) in [5.74, 6) is -0.549. The maximum atomic E-state index is 12.2. The van der Waals surface area contributed by atoms with Crippen molar-refractivity contribution in [1.29, 1.82) is 0 Å². The van der Waals surface area contributed by atoms with Gasteiger partial charge in [-0.3, -0.25) is 0 Å². The van der Waals surface area contributed by atoms with Crippen LogP contribution in [0.3, 0.4) is 0 Å². The number of halogens is 3. The van der Waals surface area contributed by atoms with Gasteiger partial charge >= 0.3 is 6.18 Å². The van der Waals surface area contributed by atoms with Crippen LogP contribution in [0.25, 0.3) is 0 Å². The van der Waals surface area contributed by atoms with Gasteiger partial charge in [-0.15, -0.1) is 11.8 Å². The topological polar surface area (TPSA) is 20.2 Å². The quantitative estimate of drug-likeness (QED) is 0.771. The van der Waals surface area contributed by atoms with Crippen LogP contribution in [0.15, 0.2) is 29.2 Å². The second-order valence-electron chi connectivity index (χ2n) is 5.72. The Hall–Kier alpha value is -0.680. The van der Waals surface area contributed by atoms with Crippen molar-refractivity contribution in [1.82, 2.24) is 0 Å². The van der Waals surface area contributed by atoms with Gasteiger partial charge in [-0.05, 0) is 42.9 Å². The summed E-state index contributed by atoms with van der Waals surface area (Å²) in [6.07, 6.45) is -1.82. The van der Waals surface area contributed by atoms with Crippen molar-refractivity contribution in [3.8, 4) is 0 Å². The molecule has 0 aromatic heterocycles. The molecule has 0 aliphatic heterocycles. The summed E-state index contributed by atoms with van der Waals surface area (Å²) >= 11 is 0.811. The highest BCUT2D eigenvalue weighted by Gasteiger charge is 2.52. The molecule has 2 rings (SSSR count). The zero-order chi connectivity index (χ0) is 15.7. The van der Waals surface area contributed by atoms with Crippen LogP contribution in [0.2, 0.25) is 0 Å². The van der Waals surface area contributed by atoms with Crippen molar-refractivity contribution in [2.24, 2.45) is 5.41 Å². The summed E-state index contributed by atoms with van der Waals surface area (Å²) in [5.41, 5.74) is 1.06. The van der Waals surface area contributed by atoms with Crippen LogP contribution in [0.5, 0.6) is 0 Å². The molecular formula is C16H21F3OS. The van der Waals surface area contributed by atoms with E-state index in [-0.39, 0.29) is 11.5 Å². The van der Waals surface area contributed by atoms with Crippen molar-refractivity contribution < 1.29 is 18.3 Å². The molecule has 1 fully saturated rings. The van der Waals surface area contributed by atoms with Gasteiger partial charge < -0.3 is 5.11 Å². The molecule has 1 aliphatic carbocycles. The average molecular weight is 318 g/mol. The fraction of sp³-hybridized carbons (Fsp3) is 0.625. The van der Waals surface area contributed by atoms with Crippen LogP contribution in [0.4, 0.5) is 13.2 Å². The lowest BCUT2D eigenvalue weighted by Gasteiger charge is -2.54. The van der Waals surface area contributed by atoms with Crippen molar-refractivity contribution in [2.75, 3.05) is 5.75 Å². The van der Waals surface area contributed by atoms with E-state index in [0.717, 1.165) is 36.6 Å². The van der Waals surface area contributed by atoms with E-state index in [2.05, 4.69) is 13.8 Å². The molecule has 1 aromatic carbocycles. The largest absolute Gasteiger partial charge is 0.398 e. The Balaban J connectivity index is 2.06. The van der Waals surface area contributed by atoms with E-state index in [1.165, 1.54) is 0 Å². The molecule has 0 saturated heterocycles. The lowest BCUT2D eigenvalue weighted by atomic mass is 9.53. The Morgan fingerprint density at radius 1 is 1.19 bits per heavy atom. The van der Waals surface area contributed by atoms with Crippen LogP contribution in [0, 0.1) is 5.41 Å². The highest BCUT2D eigenvalue weighted by atomic mass is 32.2. The smallest absolute Gasteiger partial charge is 0.393 e. The fourth-order valence-electron chi connectivity index (χ4n) is 3.41. The zero-order valence-corrected chi connectivity index (χ0v) is 13.1. The molecular weight excluding hydrogens is 297 g/mol. The molecule has 2 atom stereocenters. The van der Waals surface area contributed by atoms with Gasteiger partial charge in [0.05, 0.1) is 11.9 Å². The van der Waals surface area contributed by atoms with E-state index in [1.54, 1.807) is 12.1 Å². The van der Waals surface area contributed by atoms with E-state index in [4.69, 9.17) is 0 Å². The third-order valence-electron chi connectivity index (χ3n) is 4.82. The second-order valence-corrected chi connectivity index (χ2v) is 6.77. The molecule has 21 heavy (non-hydrogen) atoms. The van der Waals surface area contributed by atoms with E-state index >= 15 is 0 Å². The third-order valence-corrected chi connectivity index (χ3v) is 5.90. The lowest BCUT2D eigenvalue weighted by Crippen LogP contribution is -2.50. The first-order valence-electron chi connectivity index (χ1n) is 7.30. The normalized spacial score (nSPS) is 24.7. The molecule has 1 N–H and O–H groups in total. The van der Waals surface area contributed by atoms with Gasteiger partial charge in [0, 0.05) is 10.3 Å². The Kier molecular flexibility index (Phi) is 4.93. The van der Waals surface area contributed by atoms with Crippen LogP contribution in [-0.2, 0) is 0 Å². The van der Waals surface area contributed by atoms with E-state index < -0.39 is 11.9 Å². The van der Waals surface area contributed by atoms with Crippen molar-refractivity contribution in [3.05, 3.63) is 29.8 Å². The van der Waals surface area contributed by atoms with Gasteiger partial charge in [0.25, 0.3) is 0 Å². The lowest BCUT2D eigenvalue weighted by molar-refractivity contribution is -0.105. The summed E-state index contributed by atoms with van der Waals surface area (Å²) < 4.78 is 36.6. The summed E-state index contributed by atoms with van der Waals surface area (Å²) in [5, 5.41) is 10.1. The van der Waals surface area contributed by atoms with Gasteiger partial charge in [0.1, 0.15) is 0 Å². The Morgan fingerprint density at radius 3 is 2.19 bits per heavy atom. The number of benzene rings is 1. The molecule has 0 amide bonds. The average Bonchev–Trinajstić information content (AvgIpc) is 2.44. The molecule has 1 nitrogen and oxygen atoms in total. The van der Waals surface area contributed by atoms with Gasteiger partial charge in [0.15, 0.2) is 0 Å². The molecule has 118 valence electrons. The van der Waals surface area contributed by atoms with Crippen LogP contribution >= 0.6 is 11.8 Å². The van der Waals surface area contributed by atoms with E-state index in [0.29, 0.717) is 10.8 Å². The predicted molar refractivity (Wildman–Crippen MR) is 79.6 cm³/mol. The number of aliphatic hydroxyl groups is 1. The molecule has 2 unspecified atom stereocenters. The Labute approximate surface area is 127 Å². The zero-order valence-electron chi connectivity index (χ0n) is 12.3. The third kappa shape index (κ3) is 3.39. The highest BCUT2D eigenvalue weighted by Crippen LogP contribution is 2.57. The minimum absolute atomic E-state index is 0.0688. The summed E-state index contributed by atoms with van der Waals surface area (Å²) in [6.45, 7) is 4.18. The first kappa shape index (κ1) is 16.7. The number of hydrogen-bond donors (Lipinski definition) is 1. The number of alkyl halides is 3. The first-order valence-corrected chi connectivity index (χ1v) is 8.28. The number of aliphatic hydroxyl groups excluding tert-OH is 1. The maximum Gasteiger partial charge on any atom is 0.398 e. The molecule has 1 aliphatic rings. The van der Waals surface area contributed by atoms with Crippen molar-refractivity contribution in [3.63, 3.8) is 0 Å². The number of thioether (sulfide) groups is 1. The Bertz CT molecular complexity index is 465. The first-order chi connectivity index (χ1) is 9.82. The Morgan fingerprint density at radius 2 is 1.76 bits per heavy atom. The molecule has 1 aromatic rings. The molecule has 0 bridgehead atoms. The van der Waals surface area contributed by atoms with Gasteiger partial charge in [-0.25, -0.2) is 0 Å². The summed E-state index contributed by atoms with van der Waals surface area (Å²) in [4.78, 5) is 0.634. The van der Waals surface area contributed by atoms with Crippen LogP contribution in [-0.4, -0.2) is 23.1 Å².